The van der Waals surface area contributed by atoms with Crippen molar-refractivity contribution in [2.24, 2.45) is 5.41 Å². The summed E-state index contributed by atoms with van der Waals surface area (Å²) in [4.78, 5) is 2.71. The van der Waals surface area contributed by atoms with Crippen molar-refractivity contribution in [2.45, 2.75) is 71.3 Å². The quantitative estimate of drug-likeness (QED) is 0.825. The van der Waals surface area contributed by atoms with Gasteiger partial charge >= 0.3 is 0 Å². The lowest BCUT2D eigenvalue weighted by Crippen LogP contribution is -2.35. The van der Waals surface area contributed by atoms with E-state index in [0.717, 1.165) is 6.04 Å². The average Bonchev–Trinajstić information content (AvgIpc) is 2.52. The zero-order valence-electron chi connectivity index (χ0n) is 12.5. The maximum absolute atomic E-state index is 3.66. The molecule has 2 saturated heterocycles. The first kappa shape index (κ1) is 14.3. The second-order valence-corrected chi connectivity index (χ2v) is 7.15. The zero-order valence-corrected chi connectivity index (χ0v) is 12.5. The second kappa shape index (κ2) is 6.91. The molecule has 2 nitrogen and oxygen atoms in total. The van der Waals surface area contributed by atoms with Crippen molar-refractivity contribution in [2.75, 3.05) is 26.2 Å². The number of nitrogens with zero attached hydrogens (tertiary/aromatic N) is 1. The molecule has 18 heavy (non-hydrogen) atoms. The Labute approximate surface area is 114 Å². The third-order valence-electron chi connectivity index (χ3n) is 4.87. The van der Waals surface area contributed by atoms with Crippen LogP contribution >= 0.6 is 0 Å². The first-order valence-electron chi connectivity index (χ1n) is 8.11. The van der Waals surface area contributed by atoms with Gasteiger partial charge in [0.05, 0.1) is 0 Å². The second-order valence-electron chi connectivity index (χ2n) is 7.15. The molecule has 0 saturated carbocycles. The summed E-state index contributed by atoms with van der Waals surface area (Å²) < 4.78 is 0. The minimum atomic E-state index is 0.583. The lowest BCUT2D eigenvalue weighted by atomic mass is 9.85. The SMILES string of the molecule is CC1(C)CCCN(CCCC2CCCCN2)CC1. The van der Waals surface area contributed by atoms with E-state index >= 15 is 0 Å². The highest BCUT2D eigenvalue weighted by molar-refractivity contribution is 4.77. The molecule has 0 spiro atoms. The van der Waals surface area contributed by atoms with Crippen LogP contribution in [0.5, 0.6) is 0 Å². The summed E-state index contributed by atoms with van der Waals surface area (Å²) in [5, 5.41) is 3.66. The predicted molar refractivity (Wildman–Crippen MR) is 78.9 cm³/mol. The van der Waals surface area contributed by atoms with Crippen LogP contribution in [0.3, 0.4) is 0 Å². The molecule has 2 fully saturated rings. The van der Waals surface area contributed by atoms with Crippen LogP contribution in [0.4, 0.5) is 0 Å². The molecular weight excluding hydrogens is 220 g/mol. The van der Waals surface area contributed by atoms with Gasteiger partial charge in [-0.1, -0.05) is 20.3 Å². The van der Waals surface area contributed by atoms with Gasteiger partial charge in [0.2, 0.25) is 0 Å². The minimum Gasteiger partial charge on any atom is -0.314 e. The van der Waals surface area contributed by atoms with E-state index in [1.165, 1.54) is 77.5 Å². The topological polar surface area (TPSA) is 15.3 Å². The molecule has 2 rings (SSSR count). The Morgan fingerprint density at radius 3 is 2.78 bits per heavy atom. The van der Waals surface area contributed by atoms with Crippen molar-refractivity contribution >= 4 is 0 Å². The Balaban J connectivity index is 1.61. The highest BCUT2D eigenvalue weighted by Gasteiger charge is 2.22. The maximum Gasteiger partial charge on any atom is 0.00675 e. The van der Waals surface area contributed by atoms with E-state index in [-0.39, 0.29) is 0 Å². The van der Waals surface area contributed by atoms with Crippen LogP contribution in [0, 0.1) is 5.41 Å². The molecule has 0 radical (unpaired) electrons. The molecule has 0 aromatic carbocycles. The van der Waals surface area contributed by atoms with Crippen LogP contribution in [-0.4, -0.2) is 37.1 Å². The first-order valence-corrected chi connectivity index (χ1v) is 8.11. The molecule has 2 heteroatoms. The Kier molecular flexibility index (Phi) is 5.50. The van der Waals surface area contributed by atoms with Crippen molar-refractivity contribution in [1.29, 1.82) is 0 Å². The molecule has 106 valence electrons. The van der Waals surface area contributed by atoms with E-state index in [0.29, 0.717) is 5.41 Å². The van der Waals surface area contributed by atoms with Gasteiger partial charge in [-0.05, 0) is 76.5 Å². The average molecular weight is 252 g/mol. The Morgan fingerprint density at radius 1 is 1.11 bits per heavy atom. The first-order chi connectivity index (χ1) is 8.66. The van der Waals surface area contributed by atoms with Crippen molar-refractivity contribution in [1.82, 2.24) is 10.2 Å². The monoisotopic (exact) mass is 252 g/mol. The van der Waals surface area contributed by atoms with Gasteiger partial charge in [0, 0.05) is 6.04 Å². The molecule has 1 unspecified atom stereocenters. The summed E-state index contributed by atoms with van der Waals surface area (Å²) in [5.74, 6) is 0. The molecule has 0 aliphatic carbocycles. The summed E-state index contributed by atoms with van der Waals surface area (Å²) in [6.45, 7) is 10.1. The number of rotatable bonds is 4. The Hall–Kier alpha value is -0.0800. The number of likely N-dealkylation sites (tertiary alicyclic amines) is 1. The molecule has 1 N–H and O–H groups in total. The standard InChI is InChI=1S/C16H32N2/c1-16(2)9-6-13-18(14-10-16)12-5-8-15-7-3-4-11-17-15/h15,17H,3-14H2,1-2H3. The van der Waals surface area contributed by atoms with Gasteiger partial charge in [-0.15, -0.1) is 0 Å². The van der Waals surface area contributed by atoms with Crippen LogP contribution < -0.4 is 5.32 Å². The summed E-state index contributed by atoms with van der Waals surface area (Å²) in [7, 11) is 0. The third-order valence-corrected chi connectivity index (χ3v) is 4.87. The van der Waals surface area contributed by atoms with E-state index < -0.39 is 0 Å². The molecule has 0 amide bonds. The summed E-state index contributed by atoms with van der Waals surface area (Å²) >= 11 is 0. The van der Waals surface area contributed by atoms with E-state index in [2.05, 4.69) is 24.1 Å². The smallest absolute Gasteiger partial charge is 0.00675 e. The van der Waals surface area contributed by atoms with Gasteiger partial charge in [0.15, 0.2) is 0 Å². The molecule has 2 aliphatic rings. The fourth-order valence-corrected chi connectivity index (χ4v) is 3.43. The van der Waals surface area contributed by atoms with Crippen molar-refractivity contribution < 1.29 is 0 Å². The van der Waals surface area contributed by atoms with Gasteiger partial charge in [-0.3, -0.25) is 0 Å². The van der Waals surface area contributed by atoms with Crippen molar-refractivity contribution in [3.05, 3.63) is 0 Å². The molecular formula is C16H32N2. The minimum absolute atomic E-state index is 0.583. The highest BCUT2D eigenvalue weighted by Crippen LogP contribution is 2.29. The van der Waals surface area contributed by atoms with E-state index in [1.54, 1.807) is 0 Å². The van der Waals surface area contributed by atoms with Crippen LogP contribution in [-0.2, 0) is 0 Å². The largest absolute Gasteiger partial charge is 0.314 e. The predicted octanol–water partition coefficient (Wildman–Crippen LogP) is 3.42. The summed E-state index contributed by atoms with van der Waals surface area (Å²) in [6.07, 6.45) is 11.2. The fraction of sp³-hybridized carbons (Fsp3) is 1.00. The lowest BCUT2D eigenvalue weighted by molar-refractivity contribution is 0.250. The summed E-state index contributed by atoms with van der Waals surface area (Å²) in [5.41, 5.74) is 0.583. The molecule has 0 aromatic rings. The molecule has 2 aliphatic heterocycles. The highest BCUT2D eigenvalue weighted by atomic mass is 15.1. The summed E-state index contributed by atoms with van der Waals surface area (Å²) in [6, 6.07) is 0.821. The lowest BCUT2D eigenvalue weighted by Gasteiger charge is -2.26. The van der Waals surface area contributed by atoms with Gasteiger partial charge in [0.25, 0.3) is 0 Å². The van der Waals surface area contributed by atoms with Crippen molar-refractivity contribution in [3.8, 4) is 0 Å². The van der Waals surface area contributed by atoms with Crippen LogP contribution in [0.2, 0.25) is 0 Å². The zero-order chi connectivity index (χ0) is 12.8. The molecule has 1 atom stereocenters. The van der Waals surface area contributed by atoms with Gasteiger partial charge < -0.3 is 10.2 Å². The van der Waals surface area contributed by atoms with Gasteiger partial charge in [-0.2, -0.15) is 0 Å². The molecule has 0 aromatic heterocycles. The van der Waals surface area contributed by atoms with E-state index in [4.69, 9.17) is 0 Å². The van der Waals surface area contributed by atoms with Crippen LogP contribution in [0.25, 0.3) is 0 Å². The normalized spacial score (nSPS) is 30.0. The fourth-order valence-electron chi connectivity index (χ4n) is 3.43. The number of piperidine rings is 1. The van der Waals surface area contributed by atoms with Crippen molar-refractivity contribution in [3.63, 3.8) is 0 Å². The van der Waals surface area contributed by atoms with Gasteiger partial charge in [-0.25, -0.2) is 0 Å². The molecule has 0 bridgehead atoms. The maximum atomic E-state index is 3.66. The van der Waals surface area contributed by atoms with Gasteiger partial charge in [0.1, 0.15) is 0 Å². The third kappa shape index (κ3) is 4.89. The Morgan fingerprint density at radius 2 is 2.00 bits per heavy atom. The van der Waals surface area contributed by atoms with E-state index in [9.17, 15) is 0 Å². The number of hydrogen-bond donors (Lipinski definition) is 1. The van der Waals surface area contributed by atoms with E-state index in [1.807, 2.05) is 0 Å². The number of nitrogens with one attached hydrogen (secondary N) is 1. The molecule has 2 heterocycles. The van der Waals surface area contributed by atoms with Crippen LogP contribution in [0.1, 0.15) is 65.2 Å². The van der Waals surface area contributed by atoms with Crippen LogP contribution in [0.15, 0.2) is 0 Å². The Bertz CT molecular complexity index is 231. The number of hydrogen-bond acceptors (Lipinski definition) is 2.